The van der Waals surface area contributed by atoms with Gasteiger partial charge in [0.05, 0.1) is 5.56 Å². The van der Waals surface area contributed by atoms with E-state index in [1.165, 1.54) is 31.3 Å². The van der Waals surface area contributed by atoms with Gasteiger partial charge in [0.1, 0.15) is 5.82 Å². The summed E-state index contributed by atoms with van der Waals surface area (Å²) in [7, 11) is 3.00. The quantitative estimate of drug-likeness (QED) is 0.635. The number of hydrogen-bond donors (Lipinski definition) is 1. The number of anilines is 1. The van der Waals surface area contributed by atoms with Crippen LogP contribution in [0.1, 0.15) is 10.4 Å². The average Bonchev–Trinajstić information content (AvgIpc) is 2.19. The van der Waals surface area contributed by atoms with E-state index in [0.717, 1.165) is 0 Å². The van der Waals surface area contributed by atoms with Crippen molar-refractivity contribution in [1.29, 1.82) is 0 Å². The second-order valence-electron chi connectivity index (χ2n) is 3.12. The van der Waals surface area contributed by atoms with Crippen molar-refractivity contribution in [3.05, 3.63) is 22.3 Å². The molecule has 1 aromatic heterocycles. The van der Waals surface area contributed by atoms with Crippen LogP contribution >= 0.6 is 15.9 Å². The van der Waals surface area contributed by atoms with E-state index in [2.05, 4.69) is 20.9 Å². The fourth-order valence-electron chi connectivity index (χ4n) is 0.950. The minimum absolute atomic E-state index is 0.0541. The smallest absolute Gasteiger partial charge is 0.294 e. The Morgan fingerprint density at radius 1 is 1.47 bits per heavy atom. The lowest BCUT2D eigenvalue weighted by atomic mass is 10.1. The zero-order valence-electron chi connectivity index (χ0n) is 8.32. The molecule has 0 aliphatic carbocycles. The van der Waals surface area contributed by atoms with Gasteiger partial charge in [-0.2, -0.15) is 0 Å². The summed E-state index contributed by atoms with van der Waals surface area (Å²) in [4.78, 5) is 28.0. The lowest BCUT2D eigenvalue weighted by Gasteiger charge is -2.09. The molecule has 0 atom stereocenters. The lowest BCUT2D eigenvalue weighted by Crippen LogP contribution is -2.30. The first-order chi connectivity index (χ1) is 6.93. The van der Waals surface area contributed by atoms with Gasteiger partial charge >= 0.3 is 0 Å². The van der Waals surface area contributed by atoms with Crippen molar-refractivity contribution < 1.29 is 9.59 Å². The van der Waals surface area contributed by atoms with E-state index in [1.807, 2.05) is 0 Å². The van der Waals surface area contributed by atoms with Crippen molar-refractivity contribution >= 4 is 33.4 Å². The van der Waals surface area contributed by atoms with Crippen LogP contribution in [0.4, 0.5) is 5.82 Å². The molecule has 0 saturated heterocycles. The summed E-state index contributed by atoms with van der Waals surface area (Å²) in [6.45, 7) is 0. The monoisotopic (exact) mass is 271 g/mol. The highest BCUT2D eigenvalue weighted by atomic mass is 79.9. The van der Waals surface area contributed by atoms with E-state index in [0.29, 0.717) is 4.47 Å². The third-order valence-electron chi connectivity index (χ3n) is 1.73. The summed E-state index contributed by atoms with van der Waals surface area (Å²) in [5, 5.41) is 0. The lowest BCUT2D eigenvalue weighted by molar-refractivity contribution is -0.124. The molecule has 1 aromatic rings. The largest absolute Gasteiger partial charge is 0.383 e. The Morgan fingerprint density at radius 3 is 2.60 bits per heavy atom. The third kappa shape index (κ3) is 2.53. The summed E-state index contributed by atoms with van der Waals surface area (Å²) < 4.78 is 0.603. The number of rotatable bonds is 2. The molecule has 0 unspecified atom stereocenters. The van der Waals surface area contributed by atoms with Gasteiger partial charge in [-0.1, -0.05) is 0 Å². The molecule has 0 bridgehead atoms. The van der Waals surface area contributed by atoms with Crippen molar-refractivity contribution in [2.24, 2.45) is 0 Å². The van der Waals surface area contributed by atoms with E-state index in [-0.39, 0.29) is 11.4 Å². The normalized spacial score (nSPS) is 9.80. The van der Waals surface area contributed by atoms with Crippen LogP contribution in [0, 0.1) is 0 Å². The van der Waals surface area contributed by atoms with Gasteiger partial charge in [-0.3, -0.25) is 9.59 Å². The molecule has 0 aliphatic rings. The Morgan fingerprint density at radius 2 is 2.07 bits per heavy atom. The number of nitrogen functional groups attached to an aromatic ring is 1. The topological polar surface area (TPSA) is 76.3 Å². The Balaban J connectivity index is 3.11. The predicted molar refractivity (Wildman–Crippen MR) is 59.4 cm³/mol. The number of aromatic nitrogens is 1. The summed E-state index contributed by atoms with van der Waals surface area (Å²) in [6, 6.07) is 1.48. The number of carbonyl (C=O) groups excluding carboxylic acids is 2. The van der Waals surface area contributed by atoms with E-state index in [1.54, 1.807) is 0 Å². The van der Waals surface area contributed by atoms with Crippen LogP contribution in [-0.4, -0.2) is 35.7 Å². The van der Waals surface area contributed by atoms with Crippen molar-refractivity contribution in [3.8, 4) is 0 Å². The maximum absolute atomic E-state index is 11.6. The van der Waals surface area contributed by atoms with Crippen LogP contribution in [-0.2, 0) is 4.79 Å². The molecule has 0 saturated carbocycles. The molecule has 0 radical (unpaired) electrons. The van der Waals surface area contributed by atoms with Crippen LogP contribution in [0.25, 0.3) is 0 Å². The van der Waals surface area contributed by atoms with Crippen LogP contribution < -0.4 is 5.73 Å². The molecule has 1 heterocycles. The average molecular weight is 272 g/mol. The number of hydrogen-bond acceptors (Lipinski definition) is 4. The highest BCUT2D eigenvalue weighted by Crippen LogP contribution is 2.16. The molecule has 80 valence electrons. The molecular formula is C9H10BrN3O2. The van der Waals surface area contributed by atoms with E-state index >= 15 is 0 Å². The summed E-state index contributed by atoms with van der Waals surface area (Å²) in [6.07, 6.45) is 1.46. The fourth-order valence-corrected chi connectivity index (χ4v) is 1.28. The van der Waals surface area contributed by atoms with Crippen LogP contribution in [0.3, 0.4) is 0 Å². The number of halogens is 1. The minimum atomic E-state index is -0.661. The van der Waals surface area contributed by atoms with Crippen molar-refractivity contribution in [3.63, 3.8) is 0 Å². The molecule has 6 heteroatoms. The van der Waals surface area contributed by atoms with Gasteiger partial charge in [0.15, 0.2) is 0 Å². The maximum Gasteiger partial charge on any atom is 0.294 e. The number of nitrogens with zero attached hydrogens (tertiary/aromatic N) is 2. The molecule has 15 heavy (non-hydrogen) atoms. The van der Waals surface area contributed by atoms with E-state index in [4.69, 9.17) is 5.73 Å². The van der Waals surface area contributed by atoms with Crippen molar-refractivity contribution in [1.82, 2.24) is 9.88 Å². The van der Waals surface area contributed by atoms with Gasteiger partial charge in [0.2, 0.25) is 0 Å². The number of ketones is 1. The Hall–Kier alpha value is -1.43. The first-order valence-electron chi connectivity index (χ1n) is 4.10. The van der Waals surface area contributed by atoms with Gasteiger partial charge in [0, 0.05) is 24.8 Å². The van der Waals surface area contributed by atoms with Gasteiger partial charge < -0.3 is 10.6 Å². The molecule has 5 nitrogen and oxygen atoms in total. The van der Waals surface area contributed by atoms with Crippen molar-refractivity contribution in [2.75, 3.05) is 19.8 Å². The molecule has 1 amide bonds. The second kappa shape index (κ2) is 4.39. The summed E-state index contributed by atoms with van der Waals surface area (Å²) in [5.74, 6) is -1.23. The van der Waals surface area contributed by atoms with Crippen molar-refractivity contribution in [2.45, 2.75) is 0 Å². The molecule has 0 aliphatic heterocycles. The summed E-state index contributed by atoms with van der Waals surface area (Å²) in [5.41, 5.74) is 5.62. The first kappa shape index (κ1) is 11.6. The number of likely N-dealkylation sites (N-methyl/N-ethyl adjacent to an activating group) is 1. The highest BCUT2D eigenvalue weighted by Gasteiger charge is 2.21. The maximum atomic E-state index is 11.6. The third-order valence-corrected chi connectivity index (χ3v) is 2.16. The number of nitrogens with two attached hydrogens (primary N) is 1. The molecule has 2 N–H and O–H groups in total. The standard InChI is InChI=1S/C9H10BrN3O2/c1-13(2)9(15)7(14)6-3-5(10)4-12-8(6)11/h3-4H,1-2H3,(H2,11,12). The molecular weight excluding hydrogens is 262 g/mol. The predicted octanol–water partition coefficient (Wildman–Crippen LogP) is 0.697. The Labute approximate surface area is 95.4 Å². The summed E-state index contributed by atoms with van der Waals surface area (Å²) >= 11 is 3.16. The van der Waals surface area contributed by atoms with Gasteiger partial charge in [0.25, 0.3) is 11.7 Å². The first-order valence-corrected chi connectivity index (χ1v) is 4.89. The molecule has 1 rings (SSSR count). The molecule has 0 spiro atoms. The molecule has 0 fully saturated rings. The van der Waals surface area contributed by atoms with Crippen LogP contribution in [0.2, 0.25) is 0 Å². The fraction of sp³-hybridized carbons (Fsp3) is 0.222. The number of carbonyl (C=O) groups is 2. The Bertz CT molecular complexity index is 418. The van der Waals surface area contributed by atoms with Gasteiger partial charge in [-0.15, -0.1) is 0 Å². The number of pyridine rings is 1. The zero-order valence-corrected chi connectivity index (χ0v) is 9.91. The minimum Gasteiger partial charge on any atom is -0.383 e. The SMILES string of the molecule is CN(C)C(=O)C(=O)c1cc(Br)cnc1N. The zero-order chi connectivity index (χ0) is 11.6. The van der Waals surface area contributed by atoms with Crippen LogP contribution in [0.15, 0.2) is 16.7 Å². The highest BCUT2D eigenvalue weighted by molar-refractivity contribution is 9.10. The number of Topliss-reactive ketones (excluding diaryl/α,β-unsaturated/α-hetero) is 1. The van der Waals surface area contributed by atoms with Gasteiger partial charge in [-0.05, 0) is 22.0 Å². The van der Waals surface area contributed by atoms with Crippen LogP contribution in [0.5, 0.6) is 0 Å². The number of amides is 1. The van der Waals surface area contributed by atoms with Gasteiger partial charge in [-0.25, -0.2) is 4.98 Å². The Kier molecular flexibility index (Phi) is 3.41. The van der Waals surface area contributed by atoms with E-state index in [9.17, 15) is 9.59 Å². The molecule has 0 aromatic carbocycles. The second-order valence-corrected chi connectivity index (χ2v) is 4.03. The van der Waals surface area contributed by atoms with E-state index < -0.39 is 11.7 Å².